The standard InChI is InChI=1S/C40H37ClF6N6O4S/c1-39(2,55)9-8-29-30(48-3)16-25(24-6-7-28(41)33-31(18-58(5,56)57)50-52(4)36(24)33)34(49-29)20(10-19-11-21(42)14-22(43)12-19)13-23(54)17-53-37-32(35(51-53)38(44)45)26-15-27(26)40(37,46)47/h6-7,11-12,14,16,20,26-27,38,48,55H,10,13,15,17-18H2,1-5H3/t20-,26+,27-/m1/s1. The molecule has 2 aliphatic carbocycles. The van der Waals surface area contributed by atoms with E-state index in [1.54, 1.807) is 26.2 Å². The predicted molar refractivity (Wildman–Crippen MR) is 205 cm³/mol. The third kappa shape index (κ3) is 7.93. The van der Waals surface area contributed by atoms with E-state index in [-0.39, 0.29) is 46.1 Å². The summed E-state index contributed by atoms with van der Waals surface area (Å²) in [6, 6.07) is 7.62. The minimum absolute atomic E-state index is 0.0335. The Balaban J connectivity index is 1.43. The Morgan fingerprint density at radius 1 is 1.10 bits per heavy atom. The van der Waals surface area contributed by atoms with Gasteiger partial charge in [-0.15, -0.1) is 0 Å². The molecular weight excluding hydrogens is 810 g/mol. The Morgan fingerprint density at radius 2 is 1.79 bits per heavy atom. The molecule has 3 heterocycles. The van der Waals surface area contributed by atoms with E-state index < -0.39 is 93.1 Å². The summed E-state index contributed by atoms with van der Waals surface area (Å²) in [4.78, 5) is 19.0. The zero-order chi connectivity index (χ0) is 42.2. The van der Waals surface area contributed by atoms with Gasteiger partial charge in [0.1, 0.15) is 40.9 Å². The summed E-state index contributed by atoms with van der Waals surface area (Å²) in [6.45, 7) is 2.09. The van der Waals surface area contributed by atoms with E-state index in [1.165, 1.54) is 24.6 Å². The van der Waals surface area contributed by atoms with Crippen LogP contribution in [0.2, 0.25) is 5.02 Å². The van der Waals surface area contributed by atoms with Crippen LogP contribution in [-0.4, -0.2) is 62.8 Å². The van der Waals surface area contributed by atoms with Crippen LogP contribution in [-0.2, 0) is 46.3 Å². The van der Waals surface area contributed by atoms with Gasteiger partial charge in [-0.1, -0.05) is 23.6 Å². The Labute approximate surface area is 334 Å². The molecule has 3 aromatic heterocycles. The predicted octanol–water partition coefficient (Wildman–Crippen LogP) is 7.60. The number of pyridine rings is 1. The molecule has 0 bridgehead atoms. The second-order valence-corrected chi connectivity index (χ2v) is 18.0. The van der Waals surface area contributed by atoms with Crippen molar-refractivity contribution in [2.24, 2.45) is 13.0 Å². The number of carbonyl (C=O) groups excluding carboxylic acids is 1. The van der Waals surface area contributed by atoms with Gasteiger partial charge >= 0.3 is 0 Å². The Morgan fingerprint density at radius 3 is 2.41 bits per heavy atom. The van der Waals surface area contributed by atoms with E-state index in [2.05, 4.69) is 27.4 Å². The SMILES string of the molecule is CNc1cc(-c2ccc(Cl)c3c(CS(C)(=O)=O)nn(C)c23)c([C@@H](CC(=O)Cn2nc(C(F)F)c3c2C(F)(F)[C@@H]2C[C@H]32)Cc2cc(F)cc(F)c2)nc1C#CC(C)(C)O. The molecule has 0 radical (unpaired) electrons. The molecular formula is C40H37ClF6N6O4S. The van der Waals surface area contributed by atoms with Crippen molar-refractivity contribution in [3.63, 3.8) is 0 Å². The molecule has 3 atom stereocenters. The molecule has 0 saturated heterocycles. The van der Waals surface area contributed by atoms with E-state index in [1.807, 2.05) is 0 Å². The zero-order valence-electron chi connectivity index (χ0n) is 31.8. The van der Waals surface area contributed by atoms with Gasteiger partial charge < -0.3 is 10.4 Å². The van der Waals surface area contributed by atoms with Crippen molar-refractivity contribution in [3.8, 4) is 23.0 Å². The maximum Gasteiger partial charge on any atom is 0.293 e. The molecule has 18 heteroatoms. The molecule has 58 heavy (non-hydrogen) atoms. The fourth-order valence-corrected chi connectivity index (χ4v) is 8.90. The lowest BCUT2D eigenvalue weighted by Crippen LogP contribution is -2.24. The van der Waals surface area contributed by atoms with Gasteiger partial charge in [0.15, 0.2) is 15.6 Å². The summed E-state index contributed by atoms with van der Waals surface area (Å²) in [5.41, 5.74) is -1.25. The number of Topliss-reactive ketones (excluding diaryl/α,β-unsaturated/α-hetero) is 1. The Bertz CT molecular complexity index is 2660. The first kappa shape index (κ1) is 41.2. The molecule has 5 aromatic rings. The fourth-order valence-electron chi connectivity index (χ4n) is 7.94. The summed E-state index contributed by atoms with van der Waals surface area (Å²) < 4.78 is 115. The van der Waals surface area contributed by atoms with E-state index in [0.717, 1.165) is 18.4 Å². The minimum atomic E-state index is -3.59. The second-order valence-electron chi connectivity index (χ2n) is 15.4. The van der Waals surface area contributed by atoms with Gasteiger partial charge in [0, 0.05) is 66.8 Å². The van der Waals surface area contributed by atoms with Crippen molar-refractivity contribution in [1.29, 1.82) is 0 Å². The van der Waals surface area contributed by atoms with Crippen LogP contribution in [0.1, 0.15) is 84.5 Å². The van der Waals surface area contributed by atoms with Gasteiger partial charge in [0.25, 0.3) is 12.3 Å². The van der Waals surface area contributed by atoms with Crippen LogP contribution in [0.4, 0.5) is 32.0 Å². The minimum Gasteiger partial charge on any atom is -0.386 e. The number of ketones is 1. The van der Waals surface area contributed by atoms with Crippen molar-refractivity contribution in [2.75, 3.05) is 18.6 Å². The highest BCUT2D eigenvalue weighted by Gasteiger charge is 2.67. The van der Waals surface area contributed by atoms with Gasteiger partial charge in [-0.25, -0.2) is 31.0 Å². The van der Waals surface area contributed by atoms with Crippen LogP contribution >= 0.6 is 11.6 Å². The third-order valence-electron chi connectivity index (χ3n) is 10.3. The summed E-state index contributed by atoms with van der Waals surface area (Å²) in [5, 5.41) is 22.3. The number of hydrogen-bond acceptors (Lipinski definition) is 8. The molecule has 0 aliphatic heterocycles. The highest BCUT2D eigenvalue weighted by atomic mass is 35.5. The van der Waals surface area contributed by atoms with Crippen molar-refractivity contribution in [3.05, 3.63) is 92.7 Å². The lowest BCUT2D eigenvalue weighted by atomic mass is 9.85. The highest BCUT2D eigenvalue weighted by molar-refractivity contribution is 7.89. The third-order valence-corrected chi connectivity index (χ3v) is 11.4. The van der Waals surface area contributed by atoms with Gasteiger partial charge in [-0.3, -0.25) is 14.2 Å². The van der Waals surface area contributed by atoms with Gasteiger partial charge in [0.2, 0.25) is 0 Å². The summed E-state index contributed by atoms with van der Waals surface area (Å²) in [5.74, 6) is -3.94. The average Bonchev–Trinajstić information content (AvgIpc) is 3.65. The summed E-state index contributed by atoms with van der Waals surface area (Å²) >= 11 is 6.67. The lowest BCUT2D eigenvalue weighted by Gasteiger charge is -2.23. The van der Waals surface area contributed by atoms with Crippen molar-refractivity contribution < 1.29 is 44.7 Å². The van der Waals surface area contributed by atoms with Crippen molar-refractivity contribution in [1.82, 2.24) is 24.5 Å². The maximum absolute atomic E-state index is 15.5. The van der Waals surface area contributed by atoms with Crippen LogP contribution < -0.4 is 5.32 Å². The number of aliphatic hydroxyl groups is 1. The molecule has 1 saturated carbocycles. The quantitative estimate of drug-likeness (QED) is 0.0970. The number of sulfone groups is 1. The normalized spacial score (nSPS) is 17.6. The van der Waals surface area contributed by atoms with Crippen LogP contribution in [0.5, 0.6) is 0 Å². The maximum atomic E-state index is 15.5. The van der Waals surface area contributed by atoms with Crippen LogP contribution in [0.25, 0.3) is 22.0 Å². The number of rotatable bonds is 12. The van der Waals surface area contributed by atoms with Gasteiger partial charge in [0.05, 0.1) is 33.4 Å². The first-order valence-corrected chi connectivity index (χ1v) is 20.5. The number of benzene rings is 2. The fraction of sp³-hybridized carbons (Fsp3) is 0.400. The molecule has 0 amide bonds. The molecule has 306 valence electrons. The van der Waals surface area contributed by atoms with Crippen molar-refractivity contribution in [2.45, 2.75) is 75.2 Å². The van der Waals surface area contributed by atoms with Crippen LogP contribution in [0.3, 0.4) is 0 Å². The molecule has 1 fully saturated rings. The van der Waals surface area contributed by atoms with E-state index >= 15 is 8.78 Å². The smallest absolute Gasteiger partial charge is 0.293 e. The van der Waals surface area contributed by atoms with E-state index in [9.17, 15) is 35.9 Å². The summed E-state index contributed by atoms with van der Waals surface area (Å²) in [6.07, 6.45) is -2.82. The topological polar surface area (TPSA) is 132 Å². The molecule has 0 unspecified atom stereocenters. The monoisotopic (exact) mass is 846 g/mol. The number of aryl methyl sites for hydroxylation is 1. The van der Waals surface area contributed by atoms with Crippen LogP contribution in [0, 0.1) is 29.4 Å². The van der Waals surface area contributed by atoms with Gasteiger partial charge in [-0.2, -0.15) is 19.0 Å². The number of aromatic nitrogens is 5. The molecule has 2 aromatic carbocycles. The van der Waals surface area contributed by atoms with Crippen molar-refractivity contribution >= 4 is 43.8 Å². The molecule has 2 aliphatic rings. The Hall–Kier alpha value is -4.92. The molecule has 7 rings (SSSR count). The number of nitrogens with one attached hydrogen (secondary N) is 1. The second kappa shape index (κ2) is 14.7. The lowest BCUT2D eigenvalue weighted by molar-refractivity contribution is -0.120. The van der Waals surface area contributed by atoms with E-state index in [4.69, 9.17) is 16.6 Å². The van der Waals surface area contributed by atoms with E-state index in [0.29, 0.717) is 38.5 Å². The average molecular weight is 847 g/mol. The number of anilines is 1. The first-order valence-electron chi connectivity index (χ1n) is 18.1. The van der Waals surface area contributed by atoms with Gasteiger partial charge in [-0.05, 0) is 68.4 Å². The number of halogens is 7. The number of carbonyl (C=O) groups is 1. The molecule has 0 spiro atoms. The molecule has 2 N–H and O–H groups in total. The number of fused-ring (bicyclic) bond motifs is 4. The number of hydrogen-bond donors (Lipinski definition) is 2. The largest absolute Gasteiger partial charge is 0.386 e. The number of nitrogens with zero attached hydrogens (tertiary/aromatic N) is 5. The Kier molecular flexibility index (Phi) is 10.5. The highest BCUT2D eigenvalue weighted by Crippen LogP contribution is 2.68. The number of alkyl halides is 4. The summed E-state index contributed by atoms with van der Waals surface area (Å²) in [7, 11) is -0.419. The molecule has 10 nitrogen and oxygen atoms in total. The van der Waals surface area contributed by atoms with Crippen LogP contribution in [0.15, 0.2) is 36.4 Å². The zero-order valence-corrected chi connectivity index (χ0v) is 33.3. The first-order chi connectivity index (χ1) is 27.1.